The summed E-state index contributed by atoms with van der Waals surface area (Å²) in [5, 5.41) is 3.70. The molecule has 0 aliphatic rings. The van der Waals surface area contributed by atoms with Crippen LogP contribution >= 0.6 is 0 Å². The maximum Gasteiger partial charge on any atom is 0.246 e. The van der Waals surface area contributed by atoms with Crippen LogP contribution < -0.4 is 9.46 Å². The number of rotatable bonds is 6. The first-order valence-corrected chi connectivity index (χ1v) is 8.47. The Morgan fingerprint density at radius 3 is 2.55 bits per heavy atom. The molecule has 0 radical (unpaired) electrons. The molecular formula is C15H20N2O4S. The average molecular weight is 324 g/mol. The van der Waals surface area contributed by atoms with Crippen LogP contribution in [0.15, 0.2) is 33.7 Å². The van der Waals surface area contributed by atoms with Crippen molar-refractivity contribution in [1.82, 2.24) is 9.88 Å². The third-order valence-corrected chi connectivity index (χ3v) is 5.17. The number of para-hydroxylation sites is 1. The minimum Gasteiger partial charge on any atom is -0.496 e. The van der Waals surface area contributed by atoms with Crippen LogP contribution in [0.25, 0.3) is 0 Å². The number of ether oxygens (including phenoxy) is 1. The normalized spacial score (nSPS) is 13.1. The largest absolute Gasteiger partial charge is 0.496 e. The zero-order valence-corrected chi connectivity index (χ0v) is 13.9. The van der Waals surface area contributed by atoms with Crippen LogP contribution in [-0.2, 0) is 10.0 Å². The Bertz CT molecular complexity index is 733. The quantitative estimate of drug-likeness (QED) is 0.883. The average Bonchev–Trinajstić information content (AvgIpc) is 2.84. The van der Waals surface area contributed by atoms with Gasteiger partial charge in [-0.25, -0.2) is 13.1 Å². The molecule has 1 aromatic heterocycles. The molecule has 6 nitrogen and oxygen atoms in total. The van der Waals surface area contributed by atoms with Crippen molar-refractivity contribution in [2.75, 3.05) is 7.11 Å². The number of nitrogens with zero attached hydrogens (tertiary/aromatic N) is 1. The van der Waals surface area contributed by atoms with E-state index in [0.717, 1.165) is 5.56 Å². The lowest BCUT2D eigenvalue weighted by molar-refractivity contribution is 0.390. The number of sulfonamides is 1. The van der Waals surface area contributed by atoms with Gasteiger partial charge in [0.25, 0.3) is 0 Å². The first kappa shape index (κ1) is 16.5. The number of hydrogen-bond donors (Lipinski definition) is 1. The molecular weight excluding hydrogens is 304 g/mol. The minimum absolute atomic E-state index is 0.0980. The maximum absolute atomic E-state index is 12.6. The van der Waals surface area contributed by atoms with Gasteiger partial charge in [-0.3, -0.25) is 0 Å². The number of benzene rings is 1. The molecule has 0 bridgehead atoms. The van der Waals surface area contributed by atoms with E-state index in [0.29, 0.717) is 17.9 Å². The maximum atomic E-state index is 12.6. The number of aromatic nitrogens is 1. The van der Waals surface area contributed by atoms with Gasteiger partial charge < -0.3 is 9.26 Å². The van der Waals surface area contributed by atoms with Crippen molar-refractivity contribution in [1.29, 1.82) is 0 Å². The van der Waals surface area contributed by atoms with E-state index in [1.54, 1.807) is 21.0 Å². The summed E-state index contributed by atoms with van der Waals surface area (Å²) in [6.45, 7) is 5.10. The lowest BCUT2D eigenvalue weighted by atomic mass is 10.0. The van der Waals surface area contributed by atoms with Crippen molar-refractivity contribution in [2.24, 2.45) is 0 Å². The van der Waals surface area contributed by atoms with Crippen LogP contribution in [0.2, 0.25) is 0 Å². The second-order valence-electron chi connectivity index (χ2n) is 4.98. The molecule has 0 saturated heterocycles. The van der Waals surface area contributed by atoms with Crippen LogP contribution in [0.5, 0.6) is 5.75 Å². The summed E-state index contributed by atoms with van der Waals surface area (Å²) in [6, 6.07) is 6.96. The number of aryl methyl sites for hydroxylation is 2. The summed E-state index contributed by atoms with van der Waals surface area (Å²) in [4.78, 5) is 0.0980. The molecule has 1 heterocycles. The van der Waals surface area contributed by atoms with E-state index in [-0.39, 0.29) is 10.7 Å². The molecule has 0 aliphatic heterocycles. The number of hydrogen-bond acceptors (Lipinski definition) is 5. The molecule has 0 aliphatic carbocycles. The highest BCUT2D eigenvalue weighted by Crippen LogP contribution is 2.29. The Kier molecular flexibility index (Phi) is 4.87. The number of nitrogens with one attached hydrogen (secondary N) is 1. The van der Waals surface area contributed by atoms with Crippen LogP contribution in [0.4, 0.5) is 0 Å². The summed E-state index contributed by atoms with van der Waals surface area (Å²) >= 11 is 0. The van der Waals surface area contributed by atoms with Gasteiger partial charge in [-0.15, -0.1) is 0 Å². The molecule has 0 spiro atoms. The van der Waals surface area contributed by atoms with Gasteiger partial charge in [0.05, 0.1) is 13.2 Å². The highest BCUT2D eigenvalue weighted by molar-refractivity contribution is 7.89. The highest BCUT2D eigenvalue weighted by atomic mass is 32.2. The van der Waals surface area contributed by atoms with Gasteiger partial charge in [-0.2, -0.15) is 0 Å². The fourth-order valence-electron chi connectivity index (χ4n) is 2.43. The van der Waals surface area contributed by atoms with Crippen LogP contribution in [0.3, 0.4) is 0 Å². The minimum atomic E-state index is -3.72. The standard InChI is InChI=1S/C15H20N2O4S/c1-5-13(12-8-6-7-9-14(12)20-4)17-22(18,19)15-10(2)16-21-11(15)3/h6-9,13,17H,5H2,1-4H3/t13-/m1/s1. The van der Waals surface area contributed by atoms with E-state index < -0.39 is 16.1 Å². The second-order valence-corrected chi connectivity index (χ2v) is 6.63. The Morgan fingerprint density at radius 1 is 1.32 bits per heavy atom. The van der Waals surface area contributed by atoms with Crippen molar-refractivity contribution in [3.63, 3.8) is 0 Å². The highest BCUT2D eigenvalue weighted by Gasteiger charge is 2.28. The molecule has 120 valence electrons. The van der Waals surface area contributed by atoms with Gasteiger partial charge >= 0.3 is 0 Å². The summed E-state index contributed by atoms with van der Waals surface area (Å²) in [6.07, 6.45) is 0.586. The molecule has 7 heteroatoms. The van der Waals surface area contributed by atoms with E-state index >= 15 is 0 Å². The molecule has 0 amide bonds. The van der Waals surface area contributed by atoms with Crippen molar-refractivity contribution in [3.8, 4) is 5.75 Å². The molecule has 2 aromatic rings. The van der Waals surface area contributed by atoms with Crippen molar-refractivity contribution >= 4 is 10.0 Å². The summed E-state index contributed by atoms with van der Waals surface area (Å²) in [5.41, 5.74) is 1.14. The van der Waals surface area contributed by atoms with Crippen molar-refractivity contribution in [2.45, 2.75) is 38.1 Å². The van der Waals surface area contributed by atoms with E-state index in [4.69, 9.17) is 9.26 Å². The molecule has 0 unspecified atom stereocenters. The molecule has 2 rings (SSSR count). The third-order valence-electron chi connectivity index (χ3n) is 3.46. The van der Waals surface area contributed by atoms with E-state index in [1.807, 2.05) is 31.2 Å². The van der Waals surface area contributed by atoms with E-state index in [2.05, 4.69) is 9.88 Å². The molecule has 0 fully saturated rings. The Balaban J connectivity index is 2.38. The van der Waals surface area contributed by atoms with Gasteiger partial charge in [-0.05, 0) is 26.3 Å². The Hall–Kier alpha value is -1.86. The fourth-order valence-corrected chi connectivity index (χ4v) is 4.05. The van der Waals surface area contributed by atoms with E-state index in [9.17, 15) is 8.42 Å². The van der Waals surface area contributed by atoms with E-state index in [1.165, 1.54) is 0 Å². The predicted molar refractivity (Wildman–Crippen MR) is 82.3 cm³/mol. The smallest absolute Gasteiger partial charge is 0.246 e. The lowest BCUT2D eigenvalue weighted by Gasteiger charge is -2.19. The molecule has 1 atom stereocenters. The van der Waals surface area contributed by atoms with Gasteiger partial charge in [0.2, 0.25) is 10.0 Å². The Morgan fingerprint density at radius 2 is 2.00 bits per heavy atom. The van der Waals surface area contributed by atoms with Gasteiger partial charge in [-0.1, -0.05) is 30.3 Å². The van der Waals surface area contributed by atoms with Crippen LogP contribution in [-0.4, -0.2) is 20.7 Å². The van der Waals surface area contributed by atoms with Crippen molar-refractivity contribution in [3.05, 3.63) is 41.3 Å². The predicted octanol–water partition coefficient (Wildman–Crippen LogP) is 2.73. The first-order valence-electron chi connectivity index (χ1n) is 6.98. The first-order chi connectivity index (χ1) is 10.4. The van der Waals surface area contributed by atoms with Crippen LogP contribution in [0, 0.1) is 13.8 Å². The fraction of sp³-hybridized carbons (Fsp3) is 0.400. The van der Waals surface area contributed by atoms with Gasteiger partial charge in [0.15, 0.2) is 5.76 Å². The Labute approximate surface area is 130 Å². The summed E-state index contributed by atoms with van der Waals surface area (Å²) in [7, 11) is -2.16. The van der Waals surface area contributed by atoms with Gasteiger partial charge in [0, 0.05) is 5.56 Å². The number of methoxy groups -OCH3 is 1. The summed E-state index contributed by atoms with van der Waals surface area (Å²) in [5.74, 6) is 0.927. The monoisotopic (exact) mass is 324 g/mol. The summed E-state index contributed by atoms with van der Waals surface area (Å²) < 4.78 is 38.2. The molecule has 0 saturated carbocycles. The molecule has 1 N–H and O–H groups in total. The van der Waals surface area contributed by atoms with Crippen LogP contribution in [0.1, 0.15) is 36.4 Å². The second kappa shape index (κ2) is 6.50. The van der Waals surface area contributed by atoms with Gasteiger partial charge in [0.1, 0.15) is 16.3 Å². The lowest BCUT2D eigenvalue weighted by Crippen LogP contribution is -2.29. The SMILES string of the molecule is CC[C@@H](NS(=O)(=O)c1c(C)noc1C)c1ccccc1OC. The molecule has 1 aromatic carbocycles. The topological polar surface area (TPSA) is 81.4 Å². The zero-order chi connectivity index (χ0) is 16.3. The molecule has 22 heavy (non-hydrogen) atoms. The van der Waals surface area contributed by atoms with Crippen molar-refractivity contribution < 1.29 is 17.7 Å². The zero-order valence-electron chi connectivity index (χ0n) is 13.1. The third kappa shape index (κ3) is 3.15.